The Labute approximate surface area is 216 Å². The first kappa shape index (κ1) is 26.6. The van der Waals surface area contributed by atoms with E-state index in [4.69, 9.17) is 14.2 Å². The van der Waals surface area contributed by atoms with Crippen LogP contribution >= 0.6 is 0 Å². The van der Waals surface area contributed by atoms with E-state index in [1.54, 1.807) is 4.90 Å². The quantitative estimate of drug-likeness (QED) is 0.255. The van der Waals surface area contributed by atoms with Gasteiger partial charge >= 0.3 is 11.9 Å². The molecule has 0 bridgehead atoms. The summed E-state index contributed by atoms with van der Waals surface area (Å²) in [6.07, 6.45) is -9.84. The Balaban J connectivity index is 1.43. The number of hydrogen-bond acceptors (Lipinski definition) is 12. The van der Waals surface area contributed by atoms with Gasteiger partial charge < -0.3 is 49.3 Å². The van der Waals surface area contributed by atoms with Crippen molar-refractivity contribution in [2.24, 2.45) is 5.92 Å². The van der Waals surface area contributed by atoms with E-state index >= 15 is 4.39 Å². The minimum absolute atomic E-state index is 0.0564. The van der Waals surface area contributed by atoms with Crippen LogP contribution in [0.3, 0.4) is 0 Å². The van der Waals surface area contributed by atoms with Crippen LogP contribution in [0, 0.1) is 11.7 Å². The Bertz CT molecular complexity index is 1140. The second-order valence-corrected chi connectivity index (χ2v) is 10.1. The Morgan fingerprint density at radius 2 is 1.76 bits per heavy atom. The number of likely N-dealkylation sites (N-methyl/N-ethyl adjacent to an activating group) is 1. The zero-order valence-electron chi connectivity index (χ0n) is 20.8. The molecular weight excluding hydrogens is 509 g/mol. The molecule has 0 radical (unpaired) electrons. The molecule has 5 rings (SSSR count). The van der Waals surface area contributed by atoms with Crippen LogP contribution in [0.1, 0.15) is 17.3 Å². The van der Waals surface area contributed by atoms with Crippen molar-refractivity contribution in [1.29, 1.82) is 0 Å². The number of carbonyl (C=O) groups is 3. The molecule has 0 amide bonds. The van der Waals surface area contributed by atoms with E-state index in [9.17, 15) is 34.8 Å². The Morgan fingerprint density at radius 1 is 1.08 bits per heavy atom. The average Bonchev–Trinajstić information content (AvgIpc) is 2.88. The molecule has 6 unspecified atom stereocenters. The monoisotopic (exact) mass is 539 g/mol. The second-order valence-electron chi connectivity index (χ2n) is 10.1. The number of benzene rings is 1. The molecule has 4 heterocycles. The van der Waals surface area contributed by atoms with Crippen molar-refractivity contribution >= 4 is 29.1 Å². The van der Waals surface area contributed by atoms with Crippen molar-refractivity contribution in [3.63, 3.8) is 0 Å². The minimum Gasteiger partial charge on any atom is -0.487 e. The van der Waals surface area contributed by atoms with Gasteiger partial charge in [0.2, 0.25) is 6.29 Å². The smallest absolute Gasteiger partial charge is 0.335 e. The zero-order valence-corrected chi connectivity index (χ0v) is 20.8. The van der Waals surface area contributed by atoms with Gasteiger partial charge in [-0.3, -0.25) is 9.59 Å². The van der Waals surface area contributed by atoms with Crippen molar-refractivity contribution < 1.29 is 53.4 Å². The first-order chi connectivity index (χ1) is 18.0. The third-order valence-electron chi connectivity index (χ3n) is 7.58. The number of anilines is 2. The summed E-state index contributed by atoms with van der Waals surface area (Å²) in [5.74, 6) is -5.39. The highest BCUT2D eigenvalue weighted by atomic mass is 19.1. The highest BCUT2D eigenvalue weighted by molar-refractivity contribution is 6.15. The standard InChI is InChI=1S/C24H30FN3O10/c1-10-9-36-20-14-11(7-13(25)15(20)27-5-3-26(2)4-6-27)16(29)12(8-28(10)14)23(35)38-24-19(32)17(30)18(31)21(37-24)22(33)34/h7,10,12,17-19,21,24,30-32H,3-6,8-9H2,1-2H3,(H,33,34)/t10-,12?,17?,18?,19?,21?,24?/m0/s1. The maximum atomic E-state index is 15.5. The molecule has 0 aliphatic carbocycles. The largest absolute Gasteiger partial charge is 0.487 e. The number of ketones is 1. The summed E-state index contributed by atoms with van der Waals surface area (Å²) in [6.45, 7) is 4.48. The van der Waals surface area contributed by atoms with E-state index in [1.165, 1.54) is 0 Å². The topological polar surface area (TPSA) is 170 Å². The van der Waals surface area contributed by atoms with Gasteiger partial charge in [0.15, 0.2) is 23.5 Å². The number of carbonyl (C=O) groups excluding carboxylic acids is 2. The first-order valence-corrected chi connectivity index (χ1v) is 12.4. The fourth-order valence-electron chi connectivity index (χ4n) is 5.32. The number of aliphatic hydroxyl groups excluding tert-OH is 3. The molecule has 4 N–H and O–H groups in total. The SMILES string of the molecule is C[C@H]1COc2c(N3CCN(C)CC3)c(F)cc3c2N1CC(C(=O)OC1OC(C(=O)O)C(O)C(O)C1O)C3=O. The van der Waals surface area contributed by atoms with Crippen LogP contribution in [0.4, 0.5) is 15.8 Å². The van der Waals surface area contributed by atoms with Crippen LogP contribution < -0.4 is 14.5 Å². The Hall–Kier alpha value is -3.04. The molecule has 208 valence electrons. The first-order valence-electron chi connectivity index (χ1n) is 12.4. The van der Waals surface area contributed by atoms with Gasteiger partial charge in [0.1, 0.15) is 36.5 Å². The number of ether oxygens (including phenoxy) is 3. The number of hydrogen-bond donors (Lipinski definition) is 4. The number of halogens is 1. The highest BCUT2D eigenvalue weighted by Crippen LogP contribution is 2.49. The van der Waals surface area contributed by atoms with Crippen molar-refractivity contribution in [2.45, 2.75) is 43.7 Å². The number of aliphatic carboxylic acids is 1. The fourth-order valence-corrected chi connectivity index (χ4v) is 5.32. The molecule has 0 saturated carbocycles. The van der Waals surface area contributed by atoms with Gasteiger partial charge in [-0.05, 0) is 20.0 Å². The van der Waals surface area contributed by atoms with Gasteiger partial charge in [0.05, 0.1) is 11.7 Å². The predicted octanol–water partition coefficient (Wildman–Crippen LogP) is -1.59. The minimum atomic E-state index is -1.98. The van der Waals surface area contributed by atoms with Crippen molar-refractivity contribution in [2.75, 3.05) is 56.2 Å². The van der Waals surface area contributed by atoms with E-state index in [2.05, 4.69) is 4.90 Å². The molecule has 0 spiro atoms. The number of carboxylic acid groups (broad SMARTS) is 1. The van der Waals surface area contributed by atoms with Crippen molar-refractivity contribution in [3.05, 3.63) is 17.4 Å². The summed E-state index contributed by atoms with van der Waals surface area (Å²) in [5, 5.41) is 39.3. The van der Waals surface area contributed by atoms with Gasteiger partial charge in [0.25, 0.3) is 0 Å². The predicted molar refractivity (Wildman–Crippen MR) is 127 cm³/mol. The number of esters is 1. The molecule has 13 nitrogen and oxygen atoms in total. The van der Waals surface area contributed by atoms with Gasteiger partial charge in [-0.25, -0.2) is 9.18 Å². The third-order valence-corrected chi connectivity index (χ3v) is 7.58. The van der Waals surface area contributed by atoms with E-state index in [-0.39, 0.29) is 36.2 Å². The molecule has 0 aromatic heterocycles. The van der Waals surface area contributed by atoms with E-state index in [1.807, 2.05) is 18.9 Å². The van der Waals surface area contributed by atoms with Crippen LogP contribution in [0.2, 0.25) is 0 Å². The fraction of sp³-hybridized carbons (Fsp3) is 0.625. The lowest BCUT2D eigenvalue weighted by molar-refractivity contribution is -0.287. The molecule has 4 aliphatic heterocycles. The van der Waals surface area contributed by atoms with Gasteiger partial charge in [-0.1, -0.05) is 0 Å². The normalized spacial score (nSPS) is 33.4. The molecule has 1 aromatic rings. The van der Waals surface area contributed by atoms with E-state index in [0.717, 1.165) is 19.2 Å². The zero-order chi connectivity index (χ0) is 27.5. The lowest BCUT2D eigenvalue weighted by atomic mass is 9.88. The van der Waals surface area contributed by atoms with Crippen LogP contribution in [0.15, 0.2) is 6.07 Å². The van der Waals surface area contributed by atoms with Gasteiger partial charge in [0, 0.05) is 38.3 Å². The number of rotatable bonds is 4. The molecule has 38 heavy (non-hydrogen) atoms. The Morgan fingerprint density at radius 3 is 2.42 bits per heavy atom. The third kappa shape index (κ3) is 4.35. The van der Waals surface area contributed by atoms with Crippen LogP contribution in [0.5, 0.6) is 5.75 Å². The van der Waals surface area contributed by atoms with Gasteiger partial charge in [-0.15, -0.1) is 0 Å². The molecule has 2 fully saturated rings. The van der Waals surface area contributed by atoms with Crippen LogP contribution in [0.25, 0.3) is 0 Å². The summed E-state index contributed by atoms with van der Waals surface area (Å²) in [6, 6.07) is 0.815. The molecule has 2 saturated heterocycles. The van der Waals surface area contributed by atoms with Crippen LogP contribution in [-0.2, 0) is 19.1 Å². The summed E-state index contributed by atoms with van der Waals surface area (Å²) < 4.78 is 31.6. The van der Waals surface area contributed by atoms with Crippen molar-refractivity contribution in [1.82, 2.24) is 4.90 Å². The molecule has 14 heteroatoms. The number of nitrogens with zero attached hydrogens (tertiary/aromatic N) is 3. The average molecular weight is 540 g/mol. The van der Waals surface area contributed by atoms with Gasteiger partial charge in [-0.2, -0.15) is 0 Å². The number of Topliss-reactive ketones (excluding diaryl/α,β-unsaturated/α-hetero) is 1. The Kier molecular flexibility index (Phi) is 6.94. The molecule has 7 atom stereocenters. The summed E-state index contributed by atoms with van der Waals surface area (Å²) in [7, 11) is 1.98. The maximum Gasteiger partial charge on any atom is 0.335 e. The summed E-state index contributed by atoms with van der Waals surface area (Å²) >= 11 is 0. The lowest BCUT2D eigenvalue weighted by Gasteiger charge is -2.45. The number of aliphatic hydroxyl groups is 3. The van der Waals surface area contributed by atoms with Crippen LogP contribution in [-0.4, -0.2) is 126 Å². The maximum absolute atomic E-state index is 15.5. The molecule has 4 aliphatic rings. The second kappa shape index (κ2) is 9.93. The molecular formula is C24H30FN3O10. The van der Waals surface area contributed by atoms with E-state index < -0.39 is 60.2 Å². The summed E-state index contributed by atoms with van der Waals surface area (Å²) in [4.78, 5) is 43.7. The highest BCUT2D eigenvalue weighted by Gasteiger charge is 2.51. The van der Waals surface area contributed by atoms with Crippen molar-refractivity contribution in [3.8, 4) is 5.75 Å². The van der Waals surface area contributed by atoms with E-state index in [0.29, 0.717) is 18.8 Å². The lowest BCUT2D eigenvalue weighted by Crippen LogP contribution is -2.61. The number of piperazine rings is 1. The number of carboxylic acids is 1. The summed E-state index contributed by atoms with van der Waals surface area (Å²) in [5.41, 5.74) is 0.610. The molecule has 1 aromatic carbocycles.